The molecule has 1 heterocycles. The normalized spacial score (nSPS) is 45.0. The largest absolute Gasteiger partial charge is 0.394 e. The van der Waals surface area contributed by atoms with Crippen LogP contribution in [0.4, 0.5) is 0 Å². The maximum atomic E-state index is 9.97. The lowest BCUT2D eigenvalue weighted by Crippen LogP contribution is -2.48. The molecule has 4 atom stereocenters. The molecule has 1 saturated heterocycles. The molecule has 1 rings (SSSR count). The van der Waals surface area contributed by atoms with E-state index in [1.54, 1.807) is 7.85 Å². The topological polar surface area (TPSA) is 69.9 Å². The number of rotatable bonds is 3. The van der Waals surface area contributed by atoms with Gasteiger partial charge in [-0.15, -0.1) is 6.58 Å². The Balaban J connectivity index is 2.78. The van der Waals surface area contributed by atoms with Gasteiger partial charge in [0.1, 0.15) is 25.7 Å². The van der Waals surface area contributed by atoms with Gasteiger partial charge in [0, 0.05) is 0 Å². The molecule has 13 heavy (non-hydrogen) atoms. The van der Waals surface area contributed by atoms with Crippen LogP contribution in [0, 0.1) is 0 Å². The minimum Gasteiger partial charge on any atom is -0.394 e. The first kappa shape index (κ1) is 10.7. The predicted molar refractivity (Wildman–Crippen MR) is 50.1 cm³/mol. The molecule has 1 fully saturated rings. The van der Waals surface area contributed by atoms with Crippen molar-refractivity contribution in [2.75, 3.05) is 6.61 Å². The van der Waals surface area contributed by atoms with Crippen LogP contribution in [0.1, 0.15) is 6.42 Å². The Morgan fingerprint density at radius 2 is 2.23 bits per heavy atom. The number of ether oxygens (including phenoxy) is 1. The predicted octanol–water partition coefficient (Wildman–Crippen LogP) is -2.00. The lowest BCUT2D eigenvalue weighted by atomic mass is 9.78. The molecule has 0 aromatic heterocycles. The highest BCUT2D eigenvalue weighted by molar-refractivity contribution is 6.12. The zero-order valence-electron chi connectivity index (χ0n) is 7.68. The van der Waals surface area contributed by atoms with E-state index in [4.69, 9.17) is 9.84 Å². The number of aliphatic hydroxyl groups excluding tert-OH is 2. The summed E-state index contributed by atoms with van der Waals surface area (Å²) in [7, 11) is 1.67. The molecular formula is C8H15BO4. The van der Waals surface area contributed by atoms with Crippen LogP contribution in [0.15, 0.2) is 12.7 Å². The van der Waals surface area contributed by atoms with E-state index in [0.29, 0.717) is 0 Å². The lowest BCUT2D eigenvalue weighted by molar-refractivity contribution is -0.0576. The van der Waals surface area contributed by atoms with Crippen LogP contribution >= 0.6 is 0 Å². The second-order valence-corrected chi connectivity index (χ2v) is 3.43. The molecule has 0 aromatic rings. The van der Waals surface area contributed by atoms with Crippen molar-refractivity contribution in [2.24, 2.45) is 0 Å². The maximum Gasteiger partial charge on any atom is 0.143 e. The van der Waals surface area contributed by atoms with Gasteiger partial charge in [-0.25, -0.2) is 0 Å². The summed E-state index contributed by atoms with van der Waals surface area (Å²) in [6, 6.07) is -0.488. The van der Waals surface area contributed by atoms with Gasteiger partial charge in [0.25, 0.3) is 0 Å². The third-order valence-electron chi connectivity index (χ3n) is 2.60. The molecular weight excluding hydrogens is 171 g/mol. The van der Waals surface area contributed by atoms with Gasteiger partial charge in [-0.1, -0.05) is 6.08 Å². The van der Waals surface area contributed by atoms with Gasteiger partial charge >= 0.3 is 0 Å². The molecule has 1 aliphatic rings. The summed E-state index contributed by atoms with van der Waals surface area (Å²) in [6.45, 7) is 3.21. The monoisotopic (exact) mass is 186 g/mol. The van der Waals surface area contributed by atoms with Crippen LogP contribution in [0.3, 0.4) is 0 Å². The van der Waals surface area contributed by atoms with Gasteiger partial charge in [-0.2, -0.15) is 0 Å². The second kappa shape index (κ2) is 3.80. The van der Waals surface area contributed by atoms with E-state index in [-0.39, 0.29) is 13.0 Å². The average molecular weight is 186 g/mol. The Morgan fingerprint density at radius 1 is 1.62 bits per heavy atom. The summed E-state index contributed by atoms with van der Waals surface area (Å²) in [5.41, 5.74) is -1.31. The van der Waals surface area contributed by atoms with E-state index in [1.807, 2.05) is 0 Å². The molecule has 0 amide bonds. The van der Waals surface area contributed by atoms with Crippen LogP contribution < -0.4 is 0 Å². The molecule has 0 aliphatic carbocycles. The second-order valence-electron chi connectivity index (χ2n) is 3.43. The summed E-state index contributed by atoms with van der Waals surface area (Å²) >= 11 is 0. The van der Waals surface area contributed by atoms with E-state index < -0.39 is 23.8 Å². The third kappa shape index (κ3) is 1.65. The summed E-state index contributed by atoms with van der Waals surface area (Å²) < 4.78 is 5.19. The van der Waals surface area contributed by atoms with Gasteiger partial charge < -0.3 is 20.1 Å². The lowest BCUT2D eigenvalue weighted by Gasteiger charge is -2.28. The fourth-order valence-electron chi connectivity index (χ4n) is 1.68. The fourth-order valence-corrected chi connectivity index (χ4v) is 1.68. The third-order valence-corrected chi connectivity index (χ3v) is 2.60. The van der Waals surface area contributed by atoms with E-state index in [2.05, 4.69) is 6.58 Å². The van der Waals surface area contributed by atoms with Gasteiger partial charge in [0.05, 0.1) is 12.6 Å². The average Bonchev–Trinajstić information content (AvgIpc) is 2.31. The Kier molecular flexibility index (Phi) is 3.13. The van der Waals surface area contributed by atoms with Crippen molar-refractivity contribution in [3.8, 4) is 0 Å². The quantitative estimate of drug-likeness (QED) is 0.352. The minimum atomic E-state index is -1.31. The molecule has 5 heteroatoms. The highest BCUT2D eigenvalue weighted by Gasteiger charge is 2.51. The first-order chi connectivity index (χ1) is 6.06. The summed E-state index contributed by atoms with van der Waals surface area (Å²) in [4.78, 5) is 0. The van der Waals surface area contributed by atoms with Gasteiger partial charge in [0.15, 0.2) is 0 Å². The highest BCUT2D eigenvalue weighted by Crippen LogP contribution is 2.32. The number of hydrogen-bond acceptors (Lipinski definition) is 4. The molecule has 0 spiro atoms. The van der Waals surface area contributed by atoms with E-state index >= 15 is 0 Å². The van der Waals surface area contributed by atoms with Crippen molar-refractivity contribution in [1.82, 2.24) is 0 Å². The Bertz CT molecular complexity index is 199. The van der Waals surface area contributed by atoms with E-state index in [1.165, 1.54) is 6.08 Å². The molecule has 3 N–H and O–H groups in total. The molecule has 0 aromatic carbocycles. The SMILES string of the molecule is BC1OC(CO)[C@@H](O)[C@]1(O)CC=C. The van der Waals surface area contributed by atoms with Crippen molar-refractivity contribution in [3.05, 3.63) is 12.7 Å². The van der Waals surface area contributed by atoms with Gasteiger partial charge in [-0.3, -0.25) is 0 Å². The number of aliphatic hydroxyl groups is 3. The zero-order chi connectivity index (χ0) is 10.1. The maximum absolute atomic E-state index is 9.97. The van der Waals surface area contributed by atoms with Crippen molar-refractivity contribution in [1.29, 1.82) is 0 Å². The summed E-state index contributed by atoms with van der Waals surface area (Å²) in [6.07, 6.45) is 0.0414. The molecule has 1 aliphatic heterocycles. The Hall–Kier alpha value is -0.355. The van der Waals surface area contributed by atoms with E-state index in [0.717, 1.165) is 0 Å². The summed E-state index contributed by atoms with van der Waals surface area (Å²) in [5.74, 6) is 0. The van der Waals surface area contributed by atoms with Crippen molar-refractivity contribution in [2.45, 2.75) is 30.2 Å². The van der Waals surface area contributed by atoms with Gasteiger partial charge in [0.2, 0.25) is 0 Å². The highest BCUT2D eigenvalue weighted by atomic mass is 16.6. The first-order valence-corrected chi connectivity index (χ1v) is 4.34. The van der Waals surface area contributed by atoms with Crippen molar-refractivity contribution in [3.63, 3.8) is 0 Å². The Morgan fingerprint density at radius 3 is 2.62 bits per heavy atom. The minimum absolute atomic E-state index is 0.256. The molecule has 0 bridgehead atoms. The van der Waals surface area contributed by atoms with Crippen molar-refractivity contribution < 1.29 is 20.1 Å². The molecule has 0 radical (unpaired) electrons. The van der Waals surface area contributed by atoms with Crippen LogP contribution in [0.25, 0.3) is 0 Å². The van der Waals surface area contributed by atoms with Crippen LogP contribution in [0.5, 0.6) is 0 Å². The van der Waals surface area contributed by atoms with Gasteiger partial charge in [-0.05, 0) is 6.42 Å². The molecule has 74 valence electrons. The van der Waals surface area contributed by atoms with Crippen molar-refractivity contribution >= 4 is 7.85 Å². The number of hydrogen-bond donors (Lipinski definition) is 3. The standard InChI is InChI=1S/C8H15BO4/c1-2-3-8(12)6(11)5(4-10)13-7(8)9/h2,5-7,10-12H,1,3-4,9H2/t5?,6-,7?,8-/m1/s1. The molecule has 2 unspecified atom stereocenters. The Labute approximate surface area is 78.2 Å². The van der Waals surface area contributed by atoms with Crippen LogP contribution in [-0.2, 0) is 4.74 Å². The van der Waals surface area contributed by atoms with Crippen LogP contribution in [-0.4, -0.2) is 53.6 Å². The molecule has 4 nitrogen and oxygen atoms in total. The first-order valence-electron chi connectivity index (χ1n) is 4.34. The zero-order valence-corrected chi connectivity index (χ0v) is 7.68. The molecule has 0 saturated carbocycles. The summed E-state index contributed by atoms with van der Waals surface area (Å²) in [5, 5.41) is 28.4. The van der Waals surface area contributed by atoms with Crippen LogP contribution in [0.2, 0.25) is 0 Å². The van der Waals surface area contributed by atoms with E-state index in [9.17, 15) is 10.2 Å². The fraction of sp³-hybridized carbons (Fsp3) is 0.750. The smallest absolute Gasteiger partial charge is 0.143 e.